The molecule has 5 rings (SSSR count). The maximum atomic E-state index is 13.3. The van der Waals surface area contributed by atoms with Gasteiger partial charge >= 0.3 is 0 Å². The summed E-state index contributed by atoms with van der Waals surface area (Å²) in [5.41, 5.74) is 1.93. The topological polar surface area (TPSA) is 71.3 Å². The lowest BCUT2D eigenvalue weighted by Gasteiger charge is -2.34. The first-order chi connectivity index (χ1) is 15.0. The largest absolute Gasteiger partial charge is 0.335 e. The zero-order chi connectivity index (χ0) is 21.5. The molecule has 0 aromatic carbocycles. The van der Waals surface area contributed by atoms with Gasteiger partial charge in [0.25, 0.3) is 11.5 Å². The van der Waals surface area contributed by atoms with Crippen LogP contribution < -0.4 is 5.56 Å². The molecule has 0 N–H and O–H groups in total. The van der Waals surface area contributed by atoms with E-state index in [9.17, 15) is 9.59 Å². The molecule has 1 fully saturated rings. The Bertz CT molecular complexity index is 1190. The van der Waals surface area contributed by atoms with E-state index in [1.54, 1.807) is 11.3 Å². The van der Waals surface area contributed by atoms with Crippen molar-refractivity contribution in [3.05, 3.63) is 42.7 Å². The fraction of sp³-hybridized carbons (Fsp3) is 0.545. The molecule has 0 radical (unpaired) electrons. The number of aryl methyl sites for hydroxylation is 3. The molecular weight excluding hydrogens is 430 g/mol. The predicted octanol–water partition coefficient (Wildman–Crippen LogP) is 3.22. The lowest BCUT2D eigenvalue weighted by atomic mass is 10.2. The van der Waals surface area contributed by atoms with Crippen LogP contribution in [0.25, 0.3) is 10.2 Å². The Morgan fingerprint density at radius 3 is 2.61 bits per heavy atom. The van der Waals surface area contributed by atoms with Crippen LogP contribution in [0.5, 0.6) is 0 Å². The molecule has 0 saturated carbocycles. The Labute approximate surface area is 189 Å². The Morgan fingerprint density at radius 1 is 1.06 bits per heavy atom. The van der Waals surface area contributed by atoms with Crippen molar-refractivity contribution in [1.29, 1.82) is 0 Å². The van der Waals surface area contributed by atoms with Crippen LogP contribution in [-0.4, -0.2) is 56.4 Å². The molecule has 0 unspecified atom stereocenters. The second-order valence-electron chi connectivity index (χ2n) is 8.46. The highest BCUT2D eigenvalue weighted by molar-refractivity contribution is 7.20. The van der Waals surface area contributed by atoms with Crippen LogP contribution in [-0.2, 0) is 19.5 Å². The first-order valence-electron chi connectivity index (χ1n) is 11.0. The van der Waals surface area contributed by atoms with Gasteiger partial charge in [-0.2, -0.15) is 0 Å². The number of piperazine rings is 1. The molecule has 2 aliphatic heterocycles. The van der Waals surface area contributed by atoms with Gasteiger partial charge in [0, 0.05) is 51.1 Å². The molecule has 1 amide bonds. The second-order valence-corrected chi connectivity index (χ2v) is 10.5. The fourth-order valence-corrected chi connectivity index (χ4v) is 6.34. The molecule has 31 heavy (non-hydrogen) atoms. The number of amides is 1. The molecule has 164 valence electrons. The predicted molar refractivity (Wildman–Crippen MR) is 124 cm³/mol. The van der Waals surface area contributed by atoms with Crippen molar-refractivity contribution >= 4 is 38.8 Å². The van der Waals surface area contributed by atoms with E-state index in [1.165, 1.54) is 11.3 Å². The molecular formula is C22H27N5O2S2. The lowest BCUT2D eigenvalue weighted by Crippen LogP contribution is -2.48. The molecule has 0 aliphatic carbocycles. The van der Waals surface area contributed by atoms with Crippen LogP contribution in [0.3, 0.4) is 0 Å². The third-order valence-corrected chi connectivity index (χ3v) is 8.31. The van der Waals surface area contributed by atoms with Crippen molar-refractivity contribution in [3.8, 4) is 0 Å². The third kappa shape index (κ3) is 3.94. The monoisotopic (exact) mass is 457 g/mol. The molecule has 7 nitrogen and oxygen atoms in total. The molecule has 3 aromatic heterocycles. The maximum Gasteiger partial charge on any atom is 0.264 e. The first kappa shape index (κ1) is 20.8. The number of carbonyl (C=O) groups excluding carboxylic acids is 1. The van der Waals surface area contributed by atoms with Crippen LogP contribution >= 0.6 is 22.7 Å². The van der Waals surface area contributed by atoms with Crippen molar-refractivity contribution in [3.63, 3.8) is 0 Å². The van der Waals surface area contributed by atoms with E-state index in [-0.39, 0.29) is 11.5 Å². The molecule has 1 saturated heterocycles. The third-order valence-electron chi connectivity index (χ3n) is 6.32. The number of hydrogen-bond donors (Lipinski definition) is 0. The molecule has 2 aliphatic rings. The van der Waals surface area contributed by atoms with Crippen LogP contribution in [0.15, 0.2) is 10.2 Å². The van der Waals surface area contributed by atoms with Crippen molar-refractivity contribution in [2.75, 3.05) is 26.2 Å². The van der Waals surface area contributed by atoms with Gasteiger partial charge in [-0.05, 0) is 32.3 Å². The zero-order valence-electron chi connectivity index (χ0n) is 18.0. The first-order valence-corrected chi connectivity index (χ1v) is 12.7. The Balaban J connectivity index is 1.35. The summed E-state index contributed by atoms with van der Waals surface area (Å²) in [6.45, 7) is 8.55. The molecule has 9 heteroatoms. The van der Waals surface area contributed by atoms with Gasteiger partial charge in [-0.1, -0.05) is 6.42 Å². The number of rotatable bonds is 3. The number of nitrogens with zero attached hydrogens (tertiary/aromatic N) is 5. The van der Waals surface area contributed by atoms with E-state index >= 15 is 0 Å². The fourth-order valence-electron chi connectivity index (χ4n) is 4.58. The van der Waals surface area contributed by atoms with E-state index in [1.807, 2.05) is 23.3 Å². The molecule has 0 bridgehead atoms. The Morgan fingerprint density at radius 2 is 1.87 bits per heavy atom. The van der Waals surface area contributed by atoms with Gasteiger partial charge in [-0.25, -0.2) is 9.97 Å². The minimum atomic E-state index is 0.0260. The van der Waals surface area contributed by atoms with Crippen LogP contribution in [0.4, 0.5) is 0 Å². The standard InChI is InChI=1S/C22H27N5O2S2/c1-14-18-20(24-17-6-4-3-5-7-27(17)21(18)28)31-19(14)22(29)26-10-8-25(9-11-26)12-16-13-30-15(2)23-16/h13H,3-12H2,1-2H3. The van der Waals surface area contributed by atoms with Crippen LogP contribution in [0.2, 0.25) is 0 Å². The van der Waals surface area contributed by atoms with Gasteiger partial charge in [0.15, 0.2) is 0 Å². The highest BCUT2D eigenvalue weighted by Gasteiger charge is 2.27. The highest BCUT2D eigenvalue weighted by atomic mass is 32.1. The average Bonchev–Trinajstić information content (AvgIpc) is 3.22. The van der Waals surface area contributed by atoms with Crippen molar-refractivity contribution in [2.45, 2.75) is 52.6 Å². The number of carbonyl (C=O) groups is 1. The summed E-state index contributed by atoms with van der Waals surface area (Å²) in [7, 11) is 0. The Hall–Kier alpha value is -2.10. The molecule has 5 heterocycles. The minimum Gasteiger partial charge on any atom is -0.335 e. The summed E-state index contributed by atoms with van der Waals surface area (Å²) < 4.78 is 1.84. The van der Waals surface area contributed by atoms with E-state index in [2.05, 4.69) is 15.3 Å². The lowest BCUT2D eigenvalue weighted by molar-refractivity contribution is 0.0631. The van der Waals surface area contributed by atoms with E-state index in [4.69, 9.17) is 4.98 Å². The normalized spacial score (nSPS) is 17.7. The average molecular weight is 458 g/mol. The maximum absolute atomic E-state index is 13.3. The zero-order valence-corrected chi connectivity index (χ0v) is 19.7. The van der Waals surface area contributed by atoms with Crippen molar-refractivity contribution in [1.82, 2.24) is 24.3 Å². The smallest absolute Gasteiger partial charge is 0.264 e. The van der Waals surface area contributed by atoms with Crippen molar-refractivity contribution < 1.29 is 4.79 Å². The SMILES string of the molecule is Cc1nc(CN2CCN(C(=O)c3sc4nc5n(c(=O)c4c3C)CCCCC5)CC2)cs1. The number of thiophene rings is 1. The van der Waals surface area contributed by atoms with Gasteiger partial charge in [0.2, 0.25) is 0 Å². The summed E-state index contributed by atoms with van der Waals surface area (Å²) in [5, 5.41) is 3.84. The van der Waals surface area contributed by atoms with E-state index < -0.39 is 0 Å². The van der Waals surface area contributed by atoms with Gasteiger partial charge in [-0.15, -0.1) is 22.7 Å². The summed E-state index contributed by atoms with van der Waals surface area (Å²) in [6, 6.07) is 0. The number of thiazole rings is 1. The summed E-state index contributed by atoms with van der Waals surface area (Å²) >= 11 is 3.06. The summed E-state index contributed by atoms with van der Waals surface area (Å²) in [5.74, 6) is 0.908. The number of hydrogen-bond acceptors (Lipinski definition) is 7. The highest BCUT2D eigenvalue weighted by Crippen LogP contribution is 2.29. The molecule has 0 atom stereocenters. The van der Waals surface area contributed by atoms with E-state index in [0.29, 0.717) is 23.4 Å². The quantitative estimate of drug-likeness (QED) is 0.604. The van der Waals surface area contributed by atoms with Gasteiger partial charge < -0.3 is 4.90 Å². The second kappa shape index (κ2) is 8.44. The van der Waals surface area contributed by atoms with Crippen LogP contribution in [0.1, 0.15) is 51.0 Å². The van der Waals surface area contributed by atoms with E-state index in [0.717, 1.165) is 78.8 Å². The van der Waals surface area contributed by atoms with Crippen molar-refractivity contribution in [2.24, 2.45) is 0 Å². The number of fused-ring (bicyclic) bond motifs is 2. The minimum absolute atomic E-state index is 0.0260. The summed E-state index contributed by atoms with van der Waals surface area (Å²) in [6.07, 6.45) is 4.05. The molecule has 3 aromatic rings. The van der Waals surface area contributed by atoms with Gasteiger partial charge in [-0.3, -0.25) is 19.1 Å². The van der Waals surface area contributed by atoms with Gasteiger partial charge in [0.1, 0.15) is 10.7 Å². The Kier molecular flexibility index (Phi) is 5.66. The number of aromatic nitrogens is 3. The molecule has 0 spiro atoms. The van der Waals surface area contributed by atoms with Crippen LogP contribution in [0, 0.1) is 13.8 Å². The summed E-state index contributed by atoms with van der Waals surface area (Å²) in [4.78, 5) is 41.5. The van der Waals surface area contributed by atoms with Gasteiger partial charge in [0.05, 0.1) is 21.0 Å².